The molecule has 5 aromatic carbocycles. The van der Waals surface area contributed by atoms with Crippen molar-refractivity contribution in [2.24, 2.45) is 37.7 Å². The molecule has 24 rings (SSSR count). The van der Waals surface area contributed by atoms with E-state index >= 15 is 0 Å². The van der Waals surface area contributed by atoms with Crippen LogP contribution in [0.4, 0.5) is 78.1 Å². The Hall–Kier alpha value is -12.3. The van der Waals surface area contributed by atoms with Gasteiger partial charge in [-0.1, -0.05) is 123 Å². The minimum Gasteiger partial charge on any atom is -0.381 e. The second kappa shape index (κ2) is 33.8. The van der Waals surface area contributed by atoms with Crippen LogP contribution >= 0.6 is 0 Å². The second-order valence-electron chi connectivity index (χ2n) is 37.0. The number of hydrogen-bond donors (Lipinski definition) is 4. The number of carbonyl (C=O) groups excluding carboxylic acids is 4. The number of fused-ring (bicyclic) bond motifs is 20. The summed E-state index contributed by atoms with van der Waals surface area (Å²) in [7, 11) is 7.30. The Morgan fingerprint density at radius 3 is 1.08 bits per heavy atom. The Bertz CT molecular complexity index is 5750. The van der Waals surface area contributed by atoms with Gasteiger partial charge in [-0.25, -0.2) is 47.5 Å². The lowest BCUT2D eigenvalue weighted by Gasteiger charge is -2.36. The molecule has 29 nitrogen and oxygen atoms in total. The first-order chi connectivity index (χ1) is 61.9. The van der Waals surface area contributed by atoms with E-state index in [-0.39, 0.29) is 53.4 Å². The van der Waals surface area contributed by atoms with Crippen LogP contribution in [0, 0.1) is 17.8 Å². The van der Waals surface area contributed by atoms with Crippen LogP contribution in [0.15, 0.2) is 166 Å². The number of halogens is 2. The standard InChI is InChI=1S/C27H28F2N6O.C23H28N6O2.2C23H28N6O/c1-27(28,29)18-13-11-17(12-14-18)15-16-34-24-22(23(32-34)30-19-7-4-3-5-8-19)25(36)33(2)26-31-20-9-6-10-21(20)35(24)26;1-27-22(30)19-20(24-16-6-3-2-4-7-16)28(14-15-10-12-31-13-11-15)26-21(19)29-18-9-5-8-17(18)25-23(27)29;1-27-22(30)19-20(24-16-10-3-2-4-11-16)28(14-15-8-5-6-9-15)26-21(19)29-18-13-7-12-17(18)25-23(27)29;1-27-22(30)19-20(24-16-10-3-2-4-11-16)26-28(14-15-8-5-6-9-15)21(19)29-18-13-7-12-17(18)25-23(27)29/h3-5,7-8,11-14,20-21H,6,9-10,15-16H2,1-2H3,(H,30,32);2-4,6-7,15,17-18,24H,5,8-14H2,1H3;2-4,10-11,15,17-18,24H,5-9,12-14H2,1H3;2-4,10-11,15,17-18H,5-9,12-14H2,1H3,(H,24,26)/t20-,21+;3*17-,18+/m1111/s1. The summed E-state index contributed by atoms with van der Waals surface area (Å²) in [5.41, 5.74) is 7.21. The largest absolute Gasteiger partial charge is 0.381 e. The SMILES string of the molecule is CN1C(=O)c2c(Nc3ccccc3)nn(CC3CCCC3)c2N2C1=N[C@@H]1CCC[C@@H]12.CN1C(=O)c2c(Nc3ccccc3)nn(CCc3ccc(C(C)(F)F)cc3)c2N2C1=N[C@@H]1CCC[C@@H]12.CN1C(=O)c2c(nn(CC3CCCC3)c2Nc2ccccc2)N2C1=N[C@@H]1CCC[C@@H]12.CN1C(=O)c2c(nn(CC3CCOCC3)c2Nc2ccccc2)N2C1=N[C@@H]1CCC[C@@H]12. The maximum absolute atomic E-state index is 13.6. The fourth-order valence-electron chi connectivity index (χ4n) is 22.2. The lowest BCUT2D eigenvalue weighted by molar-refractivity contribution is 0.0174. The Kier molecular flexibility index (Phi) is 21.8. The van der Waals surface area contributed by atoms with Crippen molar-refractivity contribution in [1.82, 2.24) is 58.7 Å². The zero-order valence-electron chi connectivity index (χ0n) is 73.0. The van der Waals surface area contributed by atoms with E-state index in [4.69, 9.17) is 45.1 Å². The molecule has 31 heteroatoms. The minimum absolute atomic E-state index is 0.00380. The number of nitrogens with one attached hydrogen (secondary N) is 4. The molecule has 13 heterocycles. The van der Waals surface area contributed by atoms with Crippen molar-refractivity contribution in [3.05, 3.63) is 179 Å². The van der Waals surface area contributed by atoms with Gasteiger partial charge in [0.1, 0.15) is 45.5 Å². The summed E-state index contributed by atoms with van der Waals surface area (Å²) in [6.07, 6.45) is 26.1. The number of guanidine groups is 4. The van der Waals surface area contributed by atoms with Gasteiger partial charge in [0.2, 0.25) is 23.8 Å². The van der Waals surface area contributed by atoms with E-state index < -0.39 is 5.92 Å². The Labute approximate surface area is 738 Å². The van der Waals surface area contributed by atoms with Crippen molar-refractivity contribution in [2.75, 3.05) is 82.3 Å². The van der Waals surface area contributed by atoms with E-state index in [0.29, 0.717) is 94.7 Å². The normalized spacial score (nSPS) is 24.1. The van der Waals surface area contributed by atoms with Crippen LogP contribution in [-0.2, 0) is 43.3 Å². The zero-order chi connectivity index (χ0) is 86.5. The summed E-state index contributed by atoms with van der Waals surface area (Å²) in [4.78, 5) is 89.4. The molecule has 1 saturated heterocycles. The third-order valence-corrected chi connectivity index (χ3v) is 28.8. The number of rotatable bonds is 18. The number of amides is 4. The predicted molar refractivity (Wildman–Crippen MR) is 489 cm³/mol. The van der Waals surface area contributed by atoms with Gasteiger partial charge in [-0.05, 0) is 194 Å². The summed E-state index contributed by atoms with van der Waals surface area (Å²) >= 11 is 0. The molecular formula is C96H112F2N24O5. The highest BCUT2D eigenvalue weighted by Gasteiger charge is 2.55. The van der Waals surface area contributed by atoms with Gasteiger partial charge in [0.25, 0.3) is 29.6 Å². The number of aromatic nitrogens is 8. The van der Waals surface area contributed by atoms with Gasteiger partial charge in [0.05, 0.1) is 48.3 Å². The number of aliphatic imine (C=N–C) groups is 4. The first-order valence-corrected chi connectivity index (χ1v) is 46.3. The maximum atomic E-state index is 13.6. The molecule has 6 aliphatic carbocycles. The van der Waals surface area contributed by atoms with E-state index in [1.54, 1.807) is 38.8 Å². The van der Waals surface area contributed by atoms with Crippen molar-refractivity contribution < 1.29 is 32.7 Å². The molecule has 9 aromatic rings. The van der Waals surface area contributed by atoms with Crippen LogP contribution in [0.2, 0.25) is 0 Å². The Morgan fingerprint density at radius 2 is 0.693 bits per heavy atom. The van der Waals surface area contributed by atoms with Crippen LogP contribution in [-0.4, -0.2) is 196 Å². The Morgan fingerprint density at radius 1 is 0.362 bits per heavy atom. The molecule has 127 heavy (non-hydrogen) atoms. The molecule has 6 saturated carbocycles. The fraction of sp³-hybridized carbons (Fsp3) is 0.479. The molecule has 4 amide bonds. The van der Waals surface area contributed by atoms with E-state index in [1.807, 2.05) is 152 Å². The lowest BCUT2D eigenvalue weighted by Crippen LogP contribution is -2.52. The number of para-hydroxylation sites is 4. The van der Waals surface area contributed by atoms with E-state index in [9.17, 15) is 28.0 Å². The number of anilines is 12. The average molecular weight is 1720 g/mol. The first-order valence-electron chi connectivity index (χ1n) is 46.3. The quantitative estimate of drug-likeness (QED) is 0.0621. The third-order valence-electron chi connectivity index (χ3n) is 28.8. The number of ether oxygens (including phenoxy) is 1. The fourth-order valence-corrected chi connectivity index (χ4v) is 22.2. The number of aryl methyl sites for hydroxylation is 2. The number of carbonyl (C=O) groups is 4. The molecule has 0 spiro atoms. The molecule has 0 bridgehead atoms. The molecule has 660 valence electrons. The molecule has 7 fully saturated rings. The minimum atomic E-state index is -2.87. The number of benzene rings is 5. The van der Waals surface area contributed by atoms with E-state index in [2.05, 4.69) is 50.2 Å². The average Bonchev–Trinajstić information content (AvgIpc) is 1.58. The van der Waals surface area contributed by atoms with Crippen LogP contribution in [0.1, 0.15) is 201 Å². The van der Waals surface area contributed by atoms with Crippen molar-refractivity contribution in [3.63, 3.8) is 0 Å². The van der Waals surface area contributed by atoms with Gasteiger partial charge in [0.15, 0.2) is 23.3 Å². The molecule has 9 aliphatic heterocycles. The topological polar surface area (TPSA) is 272 Å². The smallest absolute Gasteiger partial charge is 0.270 e. The highest BCUT2D eigenvalue weighted by atomic mass is 19.3. The highest BCUT2D eigenvalue weighted by Crippen LogP contribution is 2.50. The van der Waals surface area contributed by atoms with Crippen molar-refractivity contribution >= 4 is 117 Å². The second-order valence-corrected chi connectivity index (χ2v) is 37.0. The Balaban J connectivity index is 0.000000103. The lowest BCUT2D eigenvalue weighted by atomic mass is 10.0. The monoisotopic (exact) mass is 1720 g/mol. The van der Waals surface area contributed by atoms with Gasteiger partial charge in [0, 0.05) is 103 Å². The summed E-state index contributed by atoms with van der Waals surface area (Å²) in [6.45, 7) is 5.49. The van der Waals surface area contributed by atoms with Gasteiger partial charge in [-0.2, -0.15) is 20.4 Å². The third kappa shape index (κ3) is 15.1. The summed E-state index contributed by atoms with van der Waals surface area (Å²) in [6, 6.07) is 48.4. The van der Waals surface area contributed by atoms with Crippen LogP contribution in [0.25, 0.3) is 0 Å². The maximum Gasteiger partial charge on any atom is 0.270 e. The molecular weight excluding hydrogens is 1610 g/mol. The molecule has 8 atom stereocenters. The van der Waals surface area contributed by atoms with Gasteiger partial charge >= 0.3 is 0 Å². The van der Waals surface area contributed by atoms with Crippen LogP contribution in [0.5, 0.6) is 0 Å². The summed E-state index contributed by atoms with van der Waals surface area (Å²) in [5, 5.41) is 33.7. The van der Waals surface area contributed by atoms with E-state index in [0.717, 1.165) is 191 Å². The van der Waals surface area contributed by atoms with Crippen LogP contribution in [0.3, 0.4) is 0 Å². The van der Waals surface area contributed by atoms with Crippen molar-refractivity contribution in [3.8, 4) is 0 Å². The van der Waals surface area contributed by atoms with Crippen molar-refractivity contribution in [1.29, 1.82) is 0 Å². The predicted octanol–water partition coefficient (Wildman–Crippen LogP) is 16.4. The molecule has 4 N–H and O–H groups in total. The van der Waals surface area contributed by atoms with Crippen LogP contribution < -0.4 is 40.9 Å². The van der Waals surface area contributed by atoms with E-state index in [1.165, 1.54) is 82.8 Å². The molecule has 0 radical (unpaired) electrons. The van der Waals surface area contributed by atoms with Crippen molar-refractivity contribution in [2.45, 2.75) is 235 Å². The highest BCUT2D eigenvalue weighted by molar-refractivity contribution is 6.24. The summed E-state index contributed by atoms with van der Waals surface area (Å²) < 4.78 is 40.9. The van der Waals surface area contributed by atoms with Gasteiger partial charge in [-0.15, -0.1) is 0 Å². The molecule has 15 aliphatic rings. The number of hydrogen-bond acceptors (Lipinski definition) is 21. The van der Waals surface area contributed by atoms with Gasteiger partial charge in [-0.3, -0.25) is 58.4 Å². The first kappa shape index (κ1) is 81.7. The van der Waals surface area contributed by atoms with Gasteiger partial charge < -0.3 is 26.0 Å². The zero-order valence-corrected chi connectivity index (χ0v) is 73.0. The number of nitrogens with zero attached hydrogens (tertiary/aromatic N) is 20. The summed E-state index contributed by atoms with van der Waals surface area (Å²) in [5.74, 6) is 7.75. The molecule has 0 unspecified atom stereocenters. The molecule has 4 aromatic heterocycles. The number of alkyl halides is 2.